The summed E-state index contributed by atoms with van der Waals surface area (Å²) in [6.45, 7) is 7.00. The fourth-order valence-electron chi connectivity index (χ4n) is 0.992. The monoisotopic (exact) mass is 200 g/mol. The van der Waals surface area contributed by atoms with Gasteiger partial charge in [-0.2, -0.15) is 0 Å². The molecule has 0 saturated carbocycles. The standard InChI is InChI=1S/C10H17NO3/c1-4-5-6-8(12)11-9(7(2)3)10(13)14/h4,7,9H,1,5-6H2,2-3H3,(H,11,12)(H,13,14)/t9-/m0/s1/i10+1. The first kappa shape index (κ1) is 12.7. The summed E-state index contributed by atoms with van der Waals surface area (Å²) in [5, 5.41) is 11.2. The van der Waals surface area contributed by atoms with Crippen LogP contribution in [0, 0.1) is 5.92 Å². The SMILES string of the molecule is C=CCCC(=O)N[C@@H](C(C)C)[13C](=O)O. The molecule has 0 unspecified atom stereocenters. The molecule has 0 spiro atoms. The lowest BCUT2D eigenvalue weighted by Crippen LogP contribution is -2.44. The maximum Gasteiger partial charge on any atom is 0.326 e. The minimum atomic E-state index is -0.994. The van der Waals surface area contributed by atoms with Crippen molar-refractivity contribution in [3.05, 3.63) is 12.7 Å². The van der Waals surface area contributed by atoms with E-state index in [2.05, 4.69) is 11.9 Å². The van der Waals surface area contributed by atoms with Crippen molar-refractivity contribution in [2.24, 2.45) is 5.92 Å². The van der Waals surface area contributed by atoms with E-state index >= 15 is 0 Å². The molecular weight excluding hydrogens is 183 g/mol. The van der Waals surface area contributed by atoms with E-state index in [1.54, 1.807) is 19.9 Å². The van der Waals surface area contributed by atoms with E-state index in [0.29, 0.717) is 12.8 Å². The molecule has 14 heavy (non-hydrogen) atoms. The minimum absolute atomic E-state index is 0.111. The van der Waals surface area contributed by atoms with Crippen molar-refractivity contribution in [2.75, 3.05) is 0 Å². The molecule has 0 aromatic carbocycles. The van der Waals surface area contributed by atoms with Gasteiger partial charge in [-0.3, -0.25) is 4.79 Å². The zero-order valence-electron chi connectivity index (χ0n) is 8.62. The van der Waals surface area contributed by atoms with Gasteiger partial charge in [-0.25, -0.2) is 4.79 Å². The number of carboxylic acid groups (broad SMARTS) is 1. The Bertz CT molecular complexity index is 223. The zero-order valence-corrected chi connectivity index (χ0v) is 8.62. The lowest BCUT2D eigenvalue weighted by Gasteiger charge is -2.17. The van der Waals surface area contributed by atoms with Gasteiger partial charge in [-0.05, 0) is 12.3 Å². The van der Waals surface area contributed by atoms with Gasteiger partial charge in [0.2, 0.25) is 5.91 Å². The maximum atomic E-state index is 11.2. The number of aliphatic carboxylic acids is 1. The molecule has 0 aromatic heterocycles. The predicted molar refractivity (Wildman–Crippen MR) is 53.8 cm³/mol. The predicted octanol–water partition coefficient (Wildman–Crippen LogP) is 1.18. The van der Waals surface area contributed by atoms with Crippen molar-refractivity contribution in [1.82, 2.24) is 5.32 Å². The summed E-state index contributed by atoms with van der Waals surface area (Å²) in [7, 11) is 0. The fourth-order valence-corrected chi connectivity index (χ4v) is 0.992. The van der Waals surface area contributed by atoms with Gasteiger partial charge in [0.1, 0.15) is 6.04 Å². The van der Waals surface area contributed by atoms with E-state index in [0.717, 1.165) is 0 Å². The summed E-state index contributed by atoms with van der Waals surface area (Å²) in [5.41, 5.74) is 0. The molecule has 0 bridgehead atoms. The first-order valence-electron chi connectivity index (χ1n) is 4.62. The van der Waals surface area contributed by atoms with Gasteiger partial charge < -0.3 is 10.4 Å². The van der Waals surface area contributed by atoms with Crippen molar-refractivity contribution < 1.29 is 14.7 Å². The van der Waals surface area contributed by atoms with Crippen LogP contribution in [0.1, 0.15) is 26.7 Å². The van der Waals surface area contributed by atoms with E-state index in [4.69, 9.17) is 5.11 Å². The highest BCUT2D eigenvalue weighted by atomic mass is 16.5. The average Bonchev–Trinajstić information content (AvgIpc) is 2.09. The topological polar surface area (TPSA) is 66.4 Å². The van der Waals surface area contributed by atoms with Crippen molar-refractivity contribution in [1.29, 1.82) is 0 Å². The zero-order chi connectivity index (χ0) is 11.1. The third-order valence-electron chi connectivity index (χ3n) is 1.82. The summed E-state index contributed by atoms with van der Waals surface area (Å²) < 4.78 is 0. The average molecular weight is 200 g/mol. The number of carboxylic acids is 1. The Morgan fingerprint density at radius 1 is 1.50 bits per heavy atom. The molecule has 4 nitrogen and oxygen atoms in total. The Hall–Kier alpha value is -1.32. The molecule has 1 atom stereocenters. The van der Waals surface area contributed by atoms with E-state index in [9.17, 15) is 9.59 Å². The number of rotatable bonds is 6. The smallest absolute Gasteiger partial charge is 0.326 e. The molecule has 0 aliphatic rings. The number of carbonyl (C=O) groups is 2. The normalized spacial score (nSPS) is 12.2. The van der Waals surface area contributed by atoms with E-state index in [1.165, 1.54) is 0 Å². The second kappa shape index (κ2) is 6.18. The second-order valence-corrected chi connectivity index (χ2v) is 3.45. The second-order valence-electron chi connectivity index (χ2n) is 3.45. The van der Waals surface area contributed by atoms with Gasteiger partial charge >= 0.3 is 5.97 Å². The van der Waals surface area contributed by atoms with Crippen LogP contribution in [0.3, 0.4) is 0 Å². The van der Waals surface area contributed by atoms with E-state index in [-0.39, 0.29) is 11.8 Å². The molecule has 0 heterocycles. The van der Waals surface area contributed by atoms with Crippen LogP contribution in [0.15, 0.2) is 12.7 Å². The van der Waals surface area contributed by atoms with Crippen molar-refractivity contribution in [3.63, 3.8) is 0 Å². The highest BCUT2D eigenvalue weighted by Crippen LogP contribution is 2.02. The molecule has 2 N–H and O–H groups in total. The van der Waals surface area contributed by atoms with Crippen molar-refractivity contribution in [3.8, 4) is 0 Å². The molecule has 0 aromatic rings. The maximum absolute atomic E-state index is 11.2. The van der Waals surface area contributed by atoms with Crippen molar-refractivity contribution in [2.45, 2.75) is 32.7 Å². The summed E-state index contributed by atoms with van der Waals surface area (Å²) in [6, 6.07) is -0.799. The molecule has 0 aliphatic heterocycles. The van der Waals surface area contributed by atoms with Crippen molar-refractivity contribution >= 4 is 11.9 Å². The largest absolute Gasteiger partial charge is 0.480 e. The molecule has 0 radical (unpaired) electrons. The summed E-state index contributed by atoms with van der Waals surface area (Å²) in [6.07, 6.45) is 2.49. The summed E-state index contributed by atoms with van der Waals surface area (Å²) in [5.74, 6) is -1.35. The van der Waals surface area contributed by atoms with Gasteiger partial charge in [0.05, 0.1) is 0 Å². The first-order valence-corrected chi connectivity index (χ1v) is 4.62. The molecule has 0 rings (SSSR count). The number of hydrogen-bond acceptors (Lipinski definition) is 2. The number of allylic oxidation sites excluding steroid dienone is 1. The molecule has 4 heteroatoms. The van der Waals surface area contributed by atoms with Crippen LogP contribution in [0.5, 0.6) is 0 Å². The third kappa shape index (κ3) is 4.64. The Morgan fingerprint density at radius 2 is 2.07 bits per heavy atom. The third-order valence-corrected chi connectivity index (χ3v) is 1.82. The fraction of sp³-hybridized carbons (Fsp3) is 0.600. The Kier molecular flexibility index (Phi) is 5.60. The van der Waals surface area contributed by atoms with Crippen LogP contribution in [0.25, 0.3) is 0 Å². The lowest BCUT2D eigenvalue weighted by molar-refractivity contribution is -0.143. The molecule has 1 amide bonds. The molecule has 0 aliphatic carbocycles. The van der Waals surface area contributed by atoms with Gasteiger partial charge in [0, 0.05) is 6.42 Å². The molecular formula is C10H17NO3. The first-order chi connectivity index (χ1) is 6.49. The van der Waals surface area contributed by atoms with Crippen LogP contribution in [0.2, 0.25) is 0 Å². The van der Waals surface area contributed by atoms with Crippen LogP contribution in [-0.4, -0.2) is 23.0 Å². The Labute approximate surface area is 84.0 Å². The summed E-state index contributed by atoms with van der Waals surface area (Å²) in [4.78, 5) is 21.9. The Balaban J connectivity index is 4.09. The van der Waals surface area contributed by atoms with E-state index in [1.807, 2.05) is 0 Å². The van der Waals surface area contributed by atoms with E-state index < -0.39 is 12.0 Å². The lowest BCUT2D eigenvalue weighted by atomic mass is 10.1. The number of amides is 1. The van der Waals surface area contributed by atoms with Gasteiger partial charge in [0.25, 0.3) is 0 Å². The van der Waals surface area contributed by atoms with Crippen LogP contribution in [-0.2, 0) is 9.59 Å². The van der Waals surface area contributed by atoms with Gasteiger partial charge in [-0.1, -0.05) is 19.9 Å². The molecule has 0 fully saturated rings. The molecule has 80 valence electrons. The number of hydrogen-bond donors (Lipinski definition) is 2. The number of nitrogens with one attached hydrogen (secondary N) is 1. The van der Waals surface area contributed by atoms with Crippen LogP contribution >= 0.6 is 0 Å². The highest BCUT2D eigenvalue weighted by Gasteiger charge is 2.22. The minimum Gasteiger partial charge on any atom is -0.480 e. The van der Waals surface area contributed by atoms with Gasteiger partial charge in [0.15, 0.2) is 0 Å². The molecule has 0 saturated heterocycles. The highest BCUT2D eigenvalue weighted by molar-refractivity contribution is 5.83. The summed E-state index contributed by atoms with van der Waals surface area (Å²) >= 11 is 0. The van der Waals surface area contributed by atoms with Gasteiger partial charge in [-0.15, -0.1) is 6.58 Å². The quantitative estimate of drug-likeness (QED) is 0.499. The Morgan fingerprint density at radius 3 is 2.43 bits per heavy atom. The van der Waals surface area contributed by atoms with Crippen LogP contribution in [0.4, 0.5) is 0 Å². The number of carbonyl (C=O) groups excluding carboxylic acids is 1. The van der Waals surface area contributed by atoms with Crippen LogP contribution < -0.4 is 5.32 Å².